The van der Waals surface area contributed by atoms with Gasteiger partial charge in [0.1, 0.15) is 0 Å². The van der Waals surface area contributed by atoms with Crippen molar-refractivity contribution in [3.63, 3.8) is 0 Å². The highest BCUT2D eigenvalue weighted by atomic mass is 16.3. The predicted molar refractivity (Wildman–Crippen MR) is 159 cm³/mol. The minimum Gasteiger partial charge on any atom is -0.872 e. The molecule has 4 heteroatoms. The fraction of sp³-hybridized carbons (Fsp3) is 0.647. The molecule has 0 aliphatic heterocycles. The van der Waals surface area contributed by atoms with Crippen LogP contribution in [-0.2, 0) is 34.7 Å². The Morgan fingerprint density at radius 2 is 0.868 bits per heavy atom. The molecule has 2 rings (SSSR count). The van der Waals surface area contributed by atoms with Crippen LogP contribution < -0.4 is 10.2 Å². The Kier molecular flexibility index (Phi) is 9.50. The van der Waals surface area contributed by atoms with Crippen LogP contribution >= 0.6 is 0 Å². The third-order valence-corrected chi connectivity index (χ3v) is 7.33. The van der Waals surface area contributed by atoms with Crippen molar-refractivity contribution in [1.82, 2.24) is 9.80 Å². The van der Waals surface area contributed by atoms with Crippen LogP contribution in [0.15, 0.2) is 24.3 Å². The summed E-state index contributed by atoms with van der Waals surface area (Å²) < 4.78 is 0. The number of nitrogens with zero attached hydrogens (tertiary/aromatic N) is 2. The van der Waals surface area contributed by atoms with Gasteiger partial charge in [0, 0.05) is 26.2 Å². The maximum atomic E-state index is 13.8. The lowest BCUT2D eigenvalue weighted by Crippen LogP contribution is -2.32. The SMILES string of the molecule is CN(C)CCN(Cc1cc(C(C)(C)C)cc(C(C)(C)C)c1[O-])Cc1cc(C(C)(C)C)cc(C(C)(C)C)c1[O-]. The Bertz CT molecular complexity index is 1020. The molecule has 2 aromatic rings. The lowest BCUT2D eigenvalue weighted by molar-refractivity contribution is -0.271. The molecule has 214 valence electrons. The van der Waals surface area contributed by atoms with Crippen LogP contribution in [0.1, 0.15) is 116 Å². The monoisotopic (exact) mass is 522 g/mol. The molecule has 2 aromatic carbocycles. The molecule has 0 spiro atoms. The van der Waals surface area contributed by atoms with Crippen molar-refractivity contribution in [3.8, 4) is 11.5 Å². The quantitative estimate of drug-likeness (QED) is 0.412. The summed E-state index contributed by atoms with van der Waals surface area (Å²) in [7, 11) is 4.12. The van der Waals surface area contributed by atoms with Gasteiger partial charge in [-0.1, -0.05) is 107 Å². The smallest absolute Gasteiger partial charge is 0.0231 e. The van der Waals surface area contributed by atoms with Crippen molar-refractivity contribution in [2.24, 2.45) is 0 Å². The van der Waals surface area contributed by atoms with E-state index in [1.165, 1.54) is 11.1 Å². The zero-order valence-corrected chi connectivity index (χ0v) is 26.8. The summed E-state index contributed by atoms with van der Waals surface area (Å²) in [6, 6.07) is 8.41. The van der Waals surface area contributed by atoms with Gasteiger partial charge >= 0.3 is 0 Å². The Labute approximate surface area is 234 Å². The second-order valence-corrected chi connectivity index (χ2v) is 15.5. The molecule has 0 atom stereocenters. The second-order valence-electron chi connectivity index (χ2n) is 15.5. The number of likely N-dealkylation sites (N-methyl/N-ethyl adjacent to an activating group) is 1. The van der Waals surface area contributed by atoms with Crippen molar-refractivity contribution < 1.29 is 10.2 Å². The van der Waals surface area contributed by atoms with Gasteiger partial charge in [-0.15, -0.1) is 11.5 Å². The Balaban J connectivity index is 2.66. The molecule has 0 fully saturated rings. The van der Waals surface area contributed by atoms with Gasteiger partial charge in [0.2, 0.25) is 0 Å². The van der Waals surface area contributed by atoms with E-state index < -0.39 is 0 Å². The van der Waals surface area contributed by atoms with Crippen molar-refractivity contribution in [3.05, 3.63) is 57.6 Å². The van der Waals surface area contributed by atoms with E-state index >= 15 is 0 Å². The fourth-order valence-corrected chi connectivity index (χ4v) is 4.63. The first-order valence-corrected chi connectivity index (χ1v) is 14.1. The molecule has 0 radical (unpaired) electrons. The molecular weight excluding hydrogens is 468 g/mol. The normalized spacial score (nSPS) is 13.6. The average Bonchev–Trinajstić information content (AvgIpc) is 2.71. The van der Waals surface area contributed by atoms with Crippen molar-refractivity contribution >= 4 is 0 Å². The molecular formula is C34H54N2O2-2. The van der Waals surface area contributed by atoms with E-state index in [2.05, 4.69) is 131 Å². The number of rotatable bonds is 7. The minimum absolute atomic E-state index is 0.0677. The van der Waals surface area contributed by atoms with Gasteiger partial charge in [0.15, 0.2) is 0 Å². The molecule has 0 aliphatic carbocycles. The number of hydrogen-bond donors (Lipinski definition) is 0. The lowest BCUT2D eigenvalue weighted by atomic mass is 9.78. The van der Waals surface area contributed by atoms with Crippen molar-refractivity contribution in [1.29, 1.82) is 0 Å². The Hall–Kier alpha value is -2.04. The van der Waals surface area contributed by atoms with Gasteiger partial charge in [0.25, 0.3) is 0 Å². The average molecular weight is 523 g/mol. The number of hydrogen-bond acceptors (Lipinski definition) is 4. The Morgan fingerprint density at radius 1 is 0.526 bits per heavy atom. The largest absolute Gasteiger partial charge is 0.872 e. The summed E-state index contributed by atoms with van der Waals surface area (Å²) in [5.41, 5.74) is 5.09. The van der Waals surface area contributed by atoms with Gasteiger partial charge in [-0.3, -0.25) is 4.90 Å². The molecule has 38 heavy (non-hydrogen) atoms. The van der Waals surface area contributed by atoms with E-state index in [1.807, 2.05) is 0 Å². The van der Waals surface area contributed by atoms with E-state index in [4.69, 9.17) is 0 Å². The van der Waals surface area contributed by atoms with E-state index in [0.717, 1.165) is 35.3 Å². The molecule has 0 N–H and O–H groups in total. The summed E-state index contributed by atoms with van der Waals surface area (Å²) >= 11 is 0. The first-order valence-electron chi connectivity index (χ1n) is 14.1. The van der Waals surface area contributed by atoms with Gasteiger partial charge in [0.05, 0.1) is 0 Å². The van der Waals surface area contributed by atoms with Gasteiger partial charge < -0.3 is 15.1 Å². The first-order chi connectivity index (χ1) is 17.0. The molecule has 0 aliphatic rings. The zero-order valence-electron chi connectivity index (χ0n) is 26.8. The summed E-state index contributed by atoms with van der Waals surface area (Å²) in [5.74, 6) is 0.253. The Morgan fingerprint density at radius 3 is 1.13 bits per heavy atom. The molecule has 0 unspecified atom stereocenters. The third kappa shape index (κ3) is 8.23. The van der Waals surface area contributed by atoms with Gasteiger partial charge in [-0.05, 0) is 69.1 Å². The summed E-state index contributed by atoms with van der Waals surface area (Å²) in [5, 5.41) is 27.5. The highest BCUT2D eigenvalue weighted by Crippen LogP contribution is 2.39. The molecule has 0 heterocycles. The highest BCUT2D eigenvalue weighted by molar-refractivity contribution is 5.49. The van der Waals surface area contributed by atoms with Crippen LogP contribution in [0.5, 0.6) is 11.5 Å². The van der Waals surface area contributed by atoms with E-state index in [0.29, 0.717) is 13.1 Å². The molecule has 0 saturated carbocycles. The first kappa shape index (κ1) is 32.2. The molecule has 0 bridgehead atoms. The van der Waals surface area contributed by atoms with Gasteiger partial charge in [-0.25, -0.2) is 0 Å². The van der Waals surface area contributed by atoms with Crippen molar-refractivity contribution in [2.45, 2.75) is 118 Å². The lowest BCUT2D eigenvalue weighted by Gasteiger charge is -2.36. The van der Waals surface area contributed by atoms with Crippen LogP contribution in [0.4, 0.5) is 0 Å². The predicted octanol–water partition coefficient (Wildman–Crippen LogP) is 6.59. The molecule has 0 saturated heterocycles. The van der Waals surface area contributed by atoms with Gasteiger partial charge in [-0.2, -0.15) is 0 Å². The van der Waals surface area contributed by atoms with E-state index in [1.54, 1.807) is 0 Å². The van der Waals surface area contributed by atoms with E-state index in [-0.39, 0.29) is 33.2 Å². The van der Waals surface area contributed by atoms with Crippen LogP contribution in [-0.4, -0.2) is 37.0 Å². The van der Waals surface area contributed by atoms with Crippen LogP contribution in [0, 0.1) is 0 Å². The molecule has 0 amide bonds. The summed E-state index contributed by atoms with van der Waals surface area (Å²) in [6.07, 6.45) is 0. The maximum absolute atomic E-state index is 13.8. The van der Waals surface area contributed by atoms with Crippen LogP contribution in [0.25, 0.3) is 0 Å². The highest BCUT2D eigenvalue weighted by Gasteiger charge is 2.25. The molecule has 4 nitrogen and oxygen atoms in total. The third-order valence-electron chi connectivity index (χ3n) is 7.33. The van der Waals surface area contributed by atoms with Crippen molar-refractivity contribution in [2.75, 3.05) is 27.2 Å². The second kappa shape index (κ2) is 11.2. The summed E-state index contributed by atoms with van der Waals surface area (Å²) in [6.45, 7) is 28.5. The minimum atomic E-state index is -0.244. The zero-order chi connectivity index (χ0) is 29.4. The fourth-order valence-electron chi connectivity index (χ4n) is 4.63. The number of benzene rings is 2. The summed E-state index contributed by atoms with van der Waals surface area (Å²) in [4.78, 5) is 4.44. The van der Waals surface area contributed by atoms with E-state index in [9.17, 15) is 10.2 Å². The van der Waals surface area contributed by atoms with Crippen LogP contribution in [0.2, 0.25) is 0 Å². The maximum Gasteiger partial charge on any atom is 0.0231 e. The topological polar surface area (TPSA) is 52.6 Å². The molecule has 0 aromatic heterocycles. The standard InChI is InChI=1S/C34H56N2O2/c1-31(2,3)25-17-23(29(37)27(19-25)33(7,8)9)21-36(16-15-35(13)14)22-24-18-26(32(4,5)6)20-28(30(24)38)34(10,11)12/h17-20,37-38H,15-16,21-22H2,1-14H3/p-2. The van der Waals surface area contributed by atoms with Crippen LogP contribution in [0.3, 0.4) is 0 Å².